The molecule has 74 valence electrons. The lowest BCUT2D eigenvalue weighted by atomic mass is 9.89. The van der Waals surface area contributed by atoms with Crippen LogP contribution >= 0.6 is 0 Å². The topological polar surface area (TPSA) is 38.7 Å². The van der Waals surface area contributed by atoms with E-state index in [-0.39, 0.29) is 17.8 Å². The highest BCUT2D eigenvalue weighted by Gasteiger charge is 2.35. The molecule has 15 heavy (non-hydrogen) atoms. The molecule has 3 heteroatoms. The molecule has 2 aliphatic rings. The Labute approximate surface area is 87.1 Å². The Kier molecular flexibility index (Phi) is 1.71. The number of ketones is 1. The second-order valence-corrected chi connectivity index (χ2v) is 3.61. The third kappa shape index (κ3) is 1.20. The van der Waals surface area contributed by atoms with Crippen molar-refractivity contribution in [3.8, 4) is 5.75 Å². The summed E-state index contributed by atoms with van der Waals surface area (Å²) in [5.41, 5.74) is 0.653. The number of para-hydroxylation sites is 1. The zero-order chi connectivity index (χ0) is 10.3. The zero-order valence-electron chi connectivity index (χ0n) is 7.96. The fourth-order valence-corrected chi connectivity index (χ4v) is 1.91. The number of benzene rings is 1. The number of ether oxygens (including phenoxy) is 1. The normalized spacial score (nSPS) is 26.8. The molecule has 0 saturated heterocycles. The highest BCUT2D eigenvalue weighted by Crippen LogP contribution is 2.31. The van der Waals surface area contributed by atoms with Crippen molar-refractivity contribution >= 4 is 12.0 Å². The van der Waals surface area contributed by atoms with Crippen LogP contribution in [0.15, 0.2) is 41.5 Å². The molecule has 0 spiro atoms. The van der Waals surface area contributed by atoms with E-state index in [1.807, 2.05) is 24.3 Å². The highest BCUT2D eigenvalue weighted by atomic mass is 16.5. The maximum atomic E-state index is 12.0. The van der Waals surface area contributed by atoms with Crippen molar-refractivity contribution in [3.05, 3.63) is 42.1 Å². The van der Waals surface area contributed by atoms with Gasteiger partial charge in [0.15, 0.2) is 5.78 Å². The van der Waals surface area contributed by atoms with Crippen LogP contribution in [0.5, 0.6) is 5.75 Å². The molecule has 0 fully saturated rings. The first-order valence-electron chi connectivity index (χ1n) is 4.86. The fourth-order valence-electron chi connectivity index (χ4n) is 1.91. The van der Waals surface area contributed by atoms with Crippen LogP contribution < -0.4 is 4.74 Å². The summed E-state index contributed by atoms with van der Waals surface area (Å²) in [7, 11) is 0. The first kappa shape index (κ1) is 8.41. The molecule has 0 radical (unpaired) electrons. The van der Waals surface area contributed by atoms with Gasteiger partial charge in [-0.15, -0.1) is 0 Å². The molecule has 1 aromatic rings. The van der Waals surface area contributed by atoms with E-state index in [1.165, 1.54) is 0 Å². The van der Waals surface area contributed by atoms with E-state index < -0.39 is 0 Å². The third-order valence-electron chi connectivity index (χ3n) is 2.68. The average Bonchev–Trinajstić information content (AvgIpc) is 2.30. The molecule has 2 heterocycles. The van der Waals surface area contributed by atoms with Crippen molar-refractivity contribution in [2.24, 2.45) is 10.9 Å². The van der Waals surface area contributed by atoms with Crippen LogP contribution in [0.25, 0.3) is 0 Å². The number of hydrogen-bond donors (Lipinski definition) is 0. The summed E-state index contributed by atoms with van der Waals surface area (Å²) in [5.74, 6) is 0.503. The molecular formula is C12H9NO2. The molecule has 2 atom stereocenters. The van der Waals surface area contributed by atoms with E-state index in [2.05, 4.69) is 4.99 Å². The highest BCUT2D eigenvalue weighted by molar-refractivity contribution is 6.09. The maximum absolute atomic E-state index is 12.0. The largest absolute Gasteiger partial charge is 0.484 e. The number of carbonyl (C=O) groups excluding carboxylic acids is 1. The van der Waals surface area contributed by atoms with Gasteiger partial charge in [0.25, 0.3) is 0 Å². The van der Waals surface area contributed by atoms with E-state index in [9.17, 15) is 4.79 Å². The van der Waals surface area contributed by atoms with Crippen molar-refractivity contribution < 1.29 is 9.53 Å². The summed E-state index contributed by atoms with van der Waals surface area (Å²) in [5, 5.41) is 0. The lowest BCUT2D eigenvalue weighted by molar-refractivity contribution is 0.0832. The van der Waals surface area contributed by atoms with Gasteiger partial charge >= 0.3 is 0 Å². The lowest BCUT2D eigenvalue weighted by Gasteiger charge is -2.29. The van der Waals surface area contributed by atoms with E-state index in [4.69, 9.17) is 4.74 Å². The van der Waals surface area contributed by atoms with Gasteiger partial charge in [-0.25, -0.2) is 0 Å². The molecule has 3 nitrogen and oxygen atoms in total. The molecule has 0 aromatic heterocycles. The van der Waals surface area contributed by atoms with E-state index in [0.717, 1.165) is 0 Å². The van der Waals surface area contributed by atoms with Gasteiger partial charge in [0.2, 0.25) is 0 Å². The van der Waals surface area contributed by atoms with Crippen molar-refractivity contribution in [3.63, 3.8) is 0 Å². The van der Waals surface area contributed by atoms with Crippen LogP contribution in [-0.4, -0.2) is 18.1 Å². The van der Waals surface area contributed by atoms with Gasteiger partial charge in [-0.1, -0.05) is 12.1 Å². The Balaban J connectivity index is 2.11. The van der Waals surface area contributed by atoms with Crippen molar-refractivity contribution in [1.82, 2.24) is 0 Å². The predicted octanol–water partition coefficient (Wildman–Crippen LogP) is 1.84. The van der Waals surface area contributed by atoms with Crippen LogP contribution in [0.2, 0.25) is 0 Å². The smallest absolute Gasteiger partial charge is 0.179 e. The molecule has 2 aliphatic heterocycles. The summed E-state index contributed by atoms with van der Waals surface area (Å²) in [4.78, 5) is 16.0. The van der Waals surface area contributed by atoms with Gasteiger partial charge in [0, 0.05) is 12.4 Å². The molecule has 0 bridgehead atoms. The second kappa shape index (κ2) is 3.05. The summed E-state index contributed by atoms with van der Waals surface area (Å²) in [6.45, 7) is 0. The molecule has 0 N–H and O–H groups in total. The lowest BCUT2D eigenvalue weighted by Crippen LogP contribution is -2.38. The molecule has 3 rings (SSSR count). The van der Waals surface area contributed by atoms with Crippen molar-refractivity contribution in [2.75, 3.05) is 0 Å². The van der Waals surface area contributed by atoms with Crippen LogP contribution in [0.3, 0.4) is 0 Å². The van der Waals surface area contributed by atoms with E-state index in [0.29, 0.717) is 11.3 Å². The Hall–Kier alpha value is -1.90. The van der Waals surface area contributed by atoms with Gasteiger partial charge < -0.3 is 4.74 Å². The minimum atomic E-state index is -0.259. The Morgan fingerprint density at radius 2 is 2.13 bits per heavy atom. The second-order valence-electron chi connectivity index (χ2n) is 3.61. The third-order valence-corrected chi connectivity index (χ3v) is 2.68. The molecular weight excluding hydrogens is 190 g/mol. The van der Waals surface area contributed by atoms with Crippen LogP contribution in [0.4, 0.5) is 0 Å². The summed E-state index contributed by atoms with van der Waals surface area (Å²) in [6, 6.07) is 7.33. The molecule has 1 aromatic carbocycles. The first-order chi connectivity index (χ1) is 7.36. The molecule has 0 aliphatic carbocycles. The van der Waals surface area contributed by atoms with Gasteiger partial charge in [-0.05, 0) is 18.2 Å². The summed E-state index contributed by atoms with van der Waals surface area (Å²) < 4.78 is 5.71. The number of hydrogen-bond acceptors (Lipinski definition) is 3. The standard InChI is InChI=1S/C12H9NO2/c14-12-8-3-1-2-4-10(8)15-11-5-6-13-7-9(11)12/h1-7,9,11H. The number of Topliss-reactive ketones (excluding diaryl/α,β-unsaturated/α-hetero) is 1. The predicted molar refractivity (Wildman–Crippen MR) is 56.3 cm³/mol. The van der Waals surface area contributed by atoms with E-state index in [1.54, 1.807) is 18.5 Å². The number of nitrogens with zero attached hydrogens (tertiary/aromatic N) is 1. The van der Waals surface area contributed by atoms with Crippen molar-refractivity contribution in [2.45, 2.75) is 6.10 Å². The Morgan fingerprint density at radius 3 is 3.07 bits per heavy atom. The quantitative estimate of drug-likeness (QED) is 0.639. The fraction of sp³-hybridized carbons (Fsp3) is 0.167. The van der Waals surface area contributed by atoms with Gasteiger partial charge in [-0.3, -0.25) is 9.79 Å². The number of rotatable bonds is 0. The van der Waals surface area contributed by atoms with Crippen LogP contribution in [0, 0.1) is 5.92 Å². The summed E-state index contributed by atoms with van der Waals surface area (Å²) >= 11 is 0. The van der Waals surface area contributed by atoms with Gasteiger partial charge in [0.1, 0.15) is 11.9 Å². The van der Waals surface area contributed by atoms with Gasteiger partial charge in [0.05, 0.1) is 11.5 Å². The van der Waals surface area contributed by atoms with Crippen LogP contribution in [0.1, 0.15) is 10.4 Å². The van der Waals surface area contributed by atoms with Gasteiger partial charge in [-0.2, -0.15) is 0 Å². The number of fused-ring (bicyclic) bond motifs is 2. The maximum Gasteiger partial charge on any atom is 0.179 e. The van der Waals surface area contributed by atoms with Crippen LogP contribution in [-0.2, 0) is 0 Å². The number of carbonyl (C=O) groups is 1. The summed E-state index contributed by atoms with van der Waals surface area (Å²) in [6.07, 6.45) is 4.95. The minimum Gasteiger partial charge on any atom is -0.484 e. The number of aliphatic imine (C=N–C) groups is 1. The zero-order valence-corrected chi connectivity index (χ0v) is 7.96. The van der Waals surface area contributed by atoms with Crippen molar-refractivity contribution in [1.29, 1.82) is 0 Å². The molecule has 0 amide bonds. The SMILES string of the molecule is O=C1c2ccccc2OC2C=CN=CC12. The molecule has 2 unspecified atom stereocenters. The Morgan fingerprint density at radius 1 is 1.27 bits per heavy atom. The Bertz CT molecular complexity index is 476. The minimum absolute atomic E-state index is 0.0925. The average molecular weight is 199 g/mol. The molecule has 0 saturated carbocycles. The first-order valence-corrected chi connectivity index (χ1v) is 4.86. The monoisotopic (exact) mass is 199 g/mol. The van der Waals surface area contributed by atoms with E-state index >= 15 is 0 Å².